The zero-order valence-electron chi connectivity index (χ0n) is 10.6. The number of hydrogen-bond acceptors (Lipinski definition) is 0. The lowest BCUT2D eigenvalue weighted by molar-refractivity contribution is 0.114. The Morgan fingerprint density at radius 3 is 2.73 bits per heavy atom. The summed E-state index contributed by atoms with van der Waals surface area (Å²) < 4.78 is 0. The summed E-state index contributed by atoms with van der Waals surface area (Å²) in [6.07, 6.45) is 8.36. The minimum Gasteiger partial charge on any atom is -0.0847 e. The number of rotatable bonds is 0. The van der Waals surface area contributed by atoms with Crippen LogP contribution >= 0.6 is 0 Å². The van der Waals surface area contributed by atoms with Gasteiger partial charge >= 0.3 is 0 Å². The summed E-state index contributed by atoms with van der Waals surface area (Å²) in [5.41, 5.74) is 3.00. The molecule has 0 aliphatic heterocycles. The molecule has 0 aromatic carbocycles. The Hall–Kier alpha value is -0.260. The van der Waals surface area contributed by atoms with Gasteiger partial charge in [0.1, 0.15) is 0 Å². The molecule has 0 aromatic heterocycles. The third-order valence-electron chi connectivity index (χ3n) is 6.10. The van der Waals surface area contributed by atoms with Crippen LogP contribution in [0.5, 0.6) is 0 Å². The monoisotopic (exact) mass is 204 g/mol. The molecule has 4 atom stereocenters. The van der Waals surface area contributed by atoms with Gasteiger partial charge in [-0.15, -0.1) is 0 Å². The van der Waals surface area contributed by atoms with Crippen molar-refractivity contribution in [2.45, 2.75) is 53.4 Å². The van der Waals surface area contributed by atoms with Crippen molar-refractivity contribution < 1.29 is 0 Å². The van der Waals surface area contributed by atoms with Gasteiger partial charge in [-0.2, -0.15) is 0 Å². The molecule has 2 saturated carbocycles. The molecular weight excluding hydrogens is 180 g/mol. The lowest BCUT2D eigenvalue weighted by Crippen LogP contribution is -2.32. The molecule has 3 aliphatic rings. The van der Waals surface area contributed by atoms with Crippen molar-refractivity contribution in [1.29, 1.82) is 0 Å². The van der Waals surface area contributed by atoms with E-state index in [0.717, 1.165) is 17.8 Å². The van der Waals surface area contributed by atoms with Gasteiger partial charge in [-0.3, -0.25) is 0 Å². The maximum absolute atomic E-state index is 2.55. The Labute approximate surface area is 94.1 Å². The van der Waals surface area contributed by atoms with Crippen LogP contribution < -0.4 is 0 Å². The van der Waals surface area contributed by atoms with Crippen LogP contribution in [0.1, 0.15) is 53.4 Å². The van der Waals surface area contributed by atoms with Crippen LogP contribution in [0, 0.1) is 28.6 Å². The van der Waals surface area contributed by atoms with E-state index >= 15 is 0 Å². The maximum Gasteiger partial charge on any atom is -0.0136 e. The largest absolute Gasteiger partial charge is 0.0847 e. The highest BCUT2D eigenvalue weighted by molar-refractivity contribution is 5.27. The van der Waals surface area contributed by atoms with Crippen LogP contribution in [0.4, 0.5) is 0 Å². The highest BCUT2D eigenvalue weighted by Gasteiger charge is 2.64. The minimum absolute atomic E-state index is 0.602. The van der Waals surface area contributed by atoms with Gasteiger partial charge in [-0.1, -0.05) is 32.4 Å². The predicted molar refractivity (Wildman–Crippen MR) is 64.6 cm³/mol. The Kier molecular flexibility index (Phi) is 1.79. The van der Waals surface area contributed by atoms with E-state index in [1.807, 2.05) is 0 Å². The van der Waals surface area contributed by atoms with Gasteiger partial charge in [0.25, 0.3) is 0 Å². The van der Waals surface area contributed by atoms with Crippen LogP contribution in [0.3, 0.4) is 0 Å². The average molecular weight is 204 g/mol. The van der Waals surface area contributed by atoms with E-state index in [1.165, 1.54) is 25.7 Å². The van der Waals surface area contributed by atoms with Crippen LogP contribution in [0.15, 0.2) is 11.6 Å². The first-order chi connectivity index (χ1) is 6.98. The third kappa shape index (κ3) is 0.990. The molecule has 3 aliphatic carbocycles. The molecule has 4 unspecified atom stereocenters. The summed E-state index contributed by atoms with van der Waals surface area (Å²) in [7, 11) is 0. The Morgan fingerprint density at radius 2 is 2.00 bits per heavy atom. The standard InChI is InChI=1S/C15H24/c1-10-7-8-15-11(2)5-6-13(15)14(3,4)9-12(10)15/h7,11-13H,5-6,8-9H2,1-4H3. The zero-order chi connectivity index (χ0) is 10.8. The average Bonchev–Trinajstić information content (AvgIpc) is 2.70. The summed E-state index contributed by atoms with van der Waals surface area (Å²) >= 11 is 0. The Morgan fingerprint density at radius 1 is 1.27 bits per heavy atom. The molecule has 0 heteroatoms. The molecule has 0 saturated heterocycles. The van der Waals surface area contributed by atoms with Crippen molar-refractivity contribution in [3.8, 4) is 0 Å². The van der Waals surface area contributed by atoms with Gasteiger partial charge in [-0.25, -0.2) is 0 Å². The molecule has 15 heavy (non-hydrogen) atoms. The third-order valence-corrected chi connectivity index (χ3v) is 6.10. The predicted octanol–water partition coefficient (Wildman–Crippen LogP) is 4.42. The van der Waals surface area contributed by atoms with Gasteiger partial charge in [0.15, 0.2) is 0 Å². The molecule has 0 heterocycles. The SMILES string of the molecule is CC1=CCC23C(C)CCC2C(C)(C)CC13. The second-order valence-corrected chi connectivity index (χ2v) is 7.04. The van der Waals surface area contributed by atoms with E-state index in [0.29, 0.717) is 10.8 Å². The van der Waals surface area contributed by atoms with E-state index in [1.54, 1.807) is 5.57 Å². The van der Waals surface area contributed by atoms with E-state index in [9.17, 15) is 0 Å². The highest BCUT2D eigenvalue weighted by atomic mass is 14.7. The molecule has 0 aromatic rings. The molecule has 84 valence electrons. The molecule has 0 N–H and O–H groups in total. The normalized spacial score (nSPS) is 51.5. The molecule has 0 radical (unpaired) electrons. The lowest BCUT2D eigenvalue weighted by Gasteiger charge is -2.37. The summed E-state index contributed by atoms with van der Waals surface area (Å²) in [5.74, 6) is 2.89. The number of hydrogen-bond donors (Lipinski definition) is 0. The smallest absolute Gasteiger partial charge is 0.0136 e. The molecular formula is C15H24. The van der Waals surface area contributed by atoms with E-state index in [2.05, 4.69) is 33.8 Å². The van der Waals surface area contributed by atoms with Crippen LogP contribution in [0.2, 0.25) is 0 Å². The molecule has 0 amide bonds. The Balaban J connectivity index is 2.08. The first-order valence-corrected chi connectivity index (χ1v) is 6.65. The summed E-state index contributed by atoms with van der Waals surface area (Å²) in [4.78, 5) is 0. The van der Waals surface area contributed by atoms with Crippen molar-refractivity contribution in [1.82, 2.24) is 0 Å². The summed E-state index contributed by atoms with van der Waals surface area (Å²) in [5, 5.41) is 0. The van der Waals surface area contributed by atoms with Gasteiger partial charge in [0.2, 0.25) is 0 Å². The fraction of sp³-hybridized carbons (Fsp3) is 0.867. The fourth-order valence-corrected chi connectivity index (χ4v) is 5.41. The molecule has 3 rings (SSSR count). The van der Waals surface area contributed by atoms with Crippen molar-refractivity contribution in [2.75, 3.05) is 0 Å². The van der Waals surface area contributed by atoms with Crippen molar-refractivity contribution >= 4 is 0 Å². The lowest BCUT2D eigenvalue weighted by atomic mass is 9.66. The van der Waals surface area contributed by atoms with Gasteiger partial charge in [0.05, 0.1) is 0 Å². The maximum atomic E-state index is 2.55. The van der Waals surface area contributed by atoms with E-state index < -0.39 is 0 Å². The number of allylic oxidation sites excluding steroid dienone is 2. The van der Waals surface area contributed by atoms with Gasteiger partial charge < -0.3 is 0 Å². The van der Waals surface area contributed by atoms with Gasteiger partial charge in [-0.05, 0) is 61.2 Å². The highest BCUT2D eigenvalue weighted by Crippen LogP contribution is 2.71. The fourth-order valence-electron chi connectivity index (χ4n) is 5.41. The topological polar surface area (TPSA) is 0 Å². The molecule has 0 bridgehead atoms. The van der Waals surface area contributed by atoms with Gasteiger partial charge in [0, 0.05) is 0 Å². The van der Waals surface area contributed by atoms with Crippen molar-refractivity contribution in [3.63, 3.8) is 0 Å². The van der Waals surface area contributed by atoms with E-state index in [4.69, 9.17) is 0 Å². The summed E-state index contributed by atoms with van der Waals surface area (Å²) in [6.45, 7) is 9.93. The van der Waals surface area contributed by atoms with Crippen LogP contribution in [-0.2, 0) is 0 Å². The molecule has 2 fully saturated rings. The molecule has 1 spiro atoms. The van der Waals surface area contributed by atoms with Crippen LogP contribution in [0.25, 0.3) is 0 Å². The van der Waals surface area contributed by atoms with E-state index in [-0.39, 0.29) is 0 Å². The second kappa shape index (κ2) is 2.70. The first-order valence-electron chi connectivity index (χ1n) is 6.65. The molecule has 0 nitrogen and oxygen atoms in total. The van der Waals surface area contributed by atoms with Crippen molar-refractivity contribution in [3.05, 3.63) is 11.6 Å². The van der Waals surface area contributed by atoms with Crippen LogP contribution in [-0.4, -0.2) is 0 Å². The quantitative estimate of drug-likeness (QED) is 0.513. The Bertz CT molecular complexity index is 323. The summed E-state index contributed by atoms with van der Waals surface area (Å²) in [6, 6.07) is 0. The van der Waals surface area contributed by atoms with Crippen molar-refractivity contribution in [2.24, 2.45) is 28.6 Å². The zero-order valence-corrected chi connectivity index (χ0v) is 10.6. The second-order valence-electron chi connectivity index (χ2n) is 7.04. The first kappa shape index (κ1) is 9.93. The minimum atomic E-state index is 0.602.